The van der Waals surface area contributed by atoms with Crippen LogP contribution in [0.15, 0.2) is 24.3 Å². The smallest absolute Gasteiger partial charge is 0.118 e. The van der Waals surface area contributed by atoms with E-state index in [0.717, 1.165) is 24.8 Å². The zero-order chi connectivity index (χ0) is 14.4. The van der Waals surface area contributed by atoms with Gasteiger partial charge < -0.3 is 10.1 Å². The lowest BCUT2D eigenvalue weighted by molar-refractivity contribution is 0.233. The van der Waals surface area contributed by atoms with E-state index >= 15 is 0 Å². The number of methoxy groups -OCH3 is 1. The van der Waals surface area contributed by atoms with E-state index in [1.165, 1.54) is 37.7 Å². The van der Waals surface area contributed by atoms with Crippen LogP contribution in [0.5, 0.6) is 5.75 Å². The van der Waals surface area contributed by atoms with Crippen LogP contribution in [0.1, 0.15) is 51.5 Å². The summed E-state index contributed by atoms with van der Waals surface area (Å²) in [5.74, 6) is 1.84. The van der Waals surface area contributed by atoms with Crippen molar-refractivity contribution in [2.45, 2.75) is 51.4 Å². The summed E-state index contributed by atoms with van der Waals surface area (Å²) in [7, 11) is 1.73. The van der Waals surface area contributed by atoms with Gasteiger partial charge in [0.25, 0.3) is 0 Å². The average Bonchev–Trinajstić information content (AvgIpc) is 2.50. The van der Waals surface area contributed by atoms with Crippen molar-refractivity contribution in [3.05, 3.63) is 29.8 Å². The maximum Gasteiger partial charge on any atom is 0.118 e. The predicted molar refractivity (Wildman–Crippen MR) is 85.5 cm³/mol. The summed E-state index contributed by atoms with van der Waals surface area (Å²) in [6, 6.07) is 8.74. The summed E-state index contributed by atoms with van der Waals surface area (Å²) in [5.41, 5.74) is 1.81. The van der Waals surface area contributed by atoms with Gasteiger partial charge in [0.05, 0.1) is 7.11 Å². The van der Waals surface area contributed by atoms with Gasteiger partial charge in [-0.2, -0.15) is 0 Å². The Morgan fingerprint density at radius 2 is 1.85 bits per heavy atom. The number of ether oxygens (including phenoxy) is 1. The highest BCUT2D eigenvalue weighted by Crippen LogP contribution is 2.41. The van der Waals surface area contributed by atoms with E-state index in [9.17, 15) is 0 Å². The first-order chi connectivity index (χ1) is 9.70. The van der Waals surface area contributed by atoms with Gasteiger partial charge in [0, 0.05) is 12.0 Å². The molecule has 0 heterocycles. The van der Waals surface area contributed by atoms with Crippen LogP contribution in [0.25, 0.3) is 0 Å². The fourth-order valence-corrected chi connectivity index (χ4v) is 3.33. The summed E-state index contributed by atoms with van der Waals surface area (Å²) in [5, 5.41) is 3.66. The molecule has 0 aliphatic heterocycles. The largest absolute Gasteiger partial charge is 0.497 e. The summed E-state index contributed by atoms with van der Waals surface area (Å²) in [6.45, 7) is 6.85. The van der Waals surface area contributed by atoms with Crippen molar-refractivity contribution < 1.29 is 4.74 Å². The minimum Gasteiger partial charge on any atom is -0.497 e. The summed E-state index contributed by atoms with van der Waals surface area (Å²) in [6.07, 6.45) is 6.50. The Morgan fingerprint density at radius 1 is 1.20 bits per heavy atom. The van der Waals surface area contributed by atoms with Gasteiger partial charge in [-0.25, -0.2) is 0 Å². The van der Waals surface area contributed by atoms with Crippen LogP contribution >= 0.6 is 0 Å². The van der Waals surface area contributed by atoms with Crippen molar-refractivity contribution in [1.29, 1.82) is 0 Å². The number of hydrogen-bond acceptors (Lipinski definition) is 2. The van der Waals surface area contributed by atoms with Crippen LogP contribution in [-0.4, -0.2) is 20.2 Å². The molecule has 0 saturated heterocycles. The van der Waals surface area contributed by atoms with E-state index in [-0.39, 0.29) is 0 Å². The molecule has 1 aromatic carbocycles. The second kappa shape index (κ2) is 7.12. The number of nitrogens with one attached hydrogen (secondary N) is 1. The predicted octanol–water partition coefficient (Wildman–Crippen LogP) is 4.14. The lowest BCUT2D eigenvalue weighted by atomic mass is 9.67. The standard InChI is InChI=1S/C18H29NO/c1-4-13-19-14-18(11-9-15(2)10-12-18)16-5-7-17(20-3)8-6-16/h5-8,15,19H,4,9-14H2,1-3H3. The fraction of sp³-hybridized carbons (Fsp3) is 0.667. The van der Waals surface area contributed by atoms with E-state index in [0.29, 0.717) is 5.41 Å². The Morgan fingerprint density at radius 3 is 2.40 bits per heavy atom. The van der Waals surface area contributed by atoms with E-state index in [1.54, 1.807) is 7.11 Å². The van der Waals surface area contributed by atoms with E-state index in [2.05, 4.69) is 43.4 Å². The highest BCUT2D eigenvalue weighted by molar-refractivity contribution is 5.33. The molecule has 2 heteroatoms. The molecule has 0 bridgehead atoms. The first kappa shape index (κ1) is 15.4. The summed E-state index contributed by atoms with van der Waals surface area (Å²) < 4.78 is 5.29. The van der Waals surface area contributed by atoms with Gasteiger partial charge in [0.1, 0.15) is 5.75 Å². The molecule has 1 fully saturated rings. The molecular formula is C18H29NO. The molecular weight excluding hydrogens is 246 g/mol. The SMILES string of the molecule is CCCNCC1(c2ccc(OC)cc2)CCC(C)CC1. The molecule has 20 heavy (non-hydrogen) atoms. The summed E-state index contributed by atoms with van der Waals surface area (Å²) >= 11 is 0. The lowest BCUT2D eigenvalue weighted by Crippen LogP contribution is -2.41. The molecule has 1 aromatic rings. The monoisotopic (exact) mass is 275 g/mol. The van der Waals surface area contributed by atoms with Gasteiger partial charge >= 0.3 is 0 Å². The van der Waals surface area contributed by atoms with Crippen molar-refractivity contribution >= 4 is 0 Å². The normalized spacial score (nSPS) is 26.4. The van der Waals surface area contributed by atoms with Crippen LogP contribution in [0.3, 0.4) is 0 Å². The third kappa shape index (κ3) is 3.54. The third-order valence-corrected chi connectivity index (χ3v) is 4.82. The van der Waals surface area contributed by atoms with Crippen molar-refractivity contribution in [1.82, 2.24) is 5.32 Å². The molecule has 2 nitrogen and oxygen atoms in total. The zero-order valence-corrected chi connectivity index (χ0v) is 13.2. The molecule has 1 N–H and O–H groups in total. The quantitative estimate of drug-likeness (QED) is 0.788. The van der Waals surface area contributed by atoms with Crippen LogP contribution in [-0.2, 0) is 5.41 Å². The van der Waals surface area contributed by atoms with Gasteiger partial charge in [-0.1, -0.05) is 26.0 Å². The molecule has 1 saturated carbocycles. The van der Waals surface area contributed by atoms with Crippen LogP contribution in [0.2, 0.25) is 0 Å². The molecule has 2 rings (SSSR count). The Bertz CT molecular complexity index is 390. The molecule has 1 aliphatic rings. The van der Waals surface area contributed by atoms with Gasteiger partial charge in [-0.05, 0) is 62.3 Å². The first-order valence-electron chi connectivity index (χ1n) is 8.05. The third-order valence-electron chi connectivity index (χ3n) is 4.82. The Kier molecular flexibility index (Phi) is 5.47. The summed E-state index contributed by atoms with van der Waals surface area (Å²) in [4.78, 5) is 0. The molecule has 0 amide bonds. The molecule has 112 valence electrons. The van der Waals surface area contributed by atoms with E-state index < -0.39 is 0 Å². The van der Waals surface area contributed by atoms with Crippen molar-refractivity contribution in [3.63, 3.8) is 0 Å². The molecule has 0 spiro atoms. The van der Waals surface area contributed by atoms with Gasteiger partial charge in [0.2, 0.25) is 0 Å². The topological polar surface area (TPSA) is 21.3 Å². The minimum absolute atomic E-state index is 0.327. The Balaban J connectivity index is 2.15. The highest BCUT2D eigenvalue weighted by Gasteiger charge is 2.35. The van der Waals surface area contributed by atoms with Crippen molar-refractivity contribution in [2.24, 2.45) is 5.92 Å². The second-order valence-corrected chi connectivity index (χ2v) is 6.37. The van der Waals surface area contributed by atoms with Crippen LogP contribution in [0, 0.1) is 5.92 Å². The molecule has 0 atom stereocenters. The second-order valence-electron chi connectivity index (χ2n) is 6.37. The molecule has 0 radical (unpaired) electrons. The molecule has 1 aliphatic carbocycles. The minimum atomic E-state index is 0.327. The van der Waals surface area contributed by atoms with Gasteiger partial charge in [-0.15, -0.1) is 0 Å². The maximum absolute atomic E-state index is 5.29. The van der Waals surface area contributed by atoms with Gasteiger partial charge in [0.15, 0.2) is 0 Å². The average molecular weight is 275 g/mol. The highest BCUT2D eigenvalue weighted by atomic mass is 16.5. The van der Waals surface area contributed by atoms with Crippen molar-refractivity contribution in [2.75, 3.05) is 20.2 Å². The number of benzene rings is 1. The number of hydrogen-bond donors (Lipinski definition) is 1. The molecule has 0 unspecified atom stereocenters. The Labute approximate surface area is 123 Å². The maximum atomic E-state index is 5.29. The van der Waals surface area contributed by atoms with Crippen molar-refractivity contribution in [3.8, 4) is 5.75 Å². The van der Waals surface area contributed by atoms with Crippen LogP contribution < -0.4 is 10.1 Å². The first-order valence-corrected chi connectivity index (χ1v) is 8.05. The molecule has 0 aromatic heterocycles. The van der Waals surface area contributed by atoms with Gasteiger partial charge in [-0.3, -0.25) is 0 Å². The van der Waals surface area contributed by atoms with E-state index in [1.807, 2.05) is 0 Å². The number of rotatable bonds is 6. The zero-order valence-electron chi connectivity index (χ0n) is 13.2. The lowest BCUT2D eigenvalue weighted by Gasteiger charge is -2.40. The van der Waals surface area contributed by atoms with Crippen LogP contribution in [0.4, 0.5) is 0 Å². The fourth-order valence-electron chi connectivity index (χ4n) is 3.33. The van der Waals surface area contributed by atoms with E-state index in [4.69, 9.17) is 4.74 Å². The Hall–Kier alpha value is -1.02.